The molecule has 0 radical (unpaired) electrons. The summed E-state index contributed by atoms with van der Waals surface area (Å²) in [7, 11) is 0. The van der Waals surface area contributed by atoms with Crippen molar-refractivity contribution in [2.45, 2.75) is 38.1 Å². The molecule has 2 aromatic rings. The molecule has 0 saturated carbocycles. The fraction of sp³-hybridized carbons (Fsp3) is 0.400. The maximum absolute atomic E-state index is 12.4. The second-order valence-electron chi connectivity index (χ2n) is 8.30. The minimum Gasteiger partial charge on any atom is -0.455 e. The van der Waals surface area contributed by atoms with Gasteiger partial charge in [0, 0.05) is 19.5 Å². The molecule has 0 bridgehead atoms. The number of nitrogens with zero attached hydrogens (tertiary/aromatic N) is 1. The van der Waals surface area contributed by atoms with Gasteiger partial charge in [-0.15, -0.1) is 0 Å². The number of rotatable bonds is 7. The Labute approximate surface area is 182 Å². The van der Waals surface area contributed by atoms with E-state index in [9.17, 15) is 14.4 Å². The van der Waals surface area contributed by atoms with Crippen molar-refractivity contribution in [2.24, 2.45) is 5.92 Å². The Morgan fingerprint density at radius 3 is 2.68 bits per heavy atom. The van der Waals surface area contributed by atoms with E-state index in [-0.39, 0.29) is 30.9 Å². The van der Waals surface area contributed by atoms with Crippen molar-refractivity contribution in [1.82, 2.24) is 10.2 Å². The lowest BCUT2D eigenvalue weighted by Crippen LogP contribution is -2.35. The molecular formula is C25H28N2O4. The predicted octanol–water partition coefficient (Wildman–Crippen LogP) is 2.81. The lowest BCUT2D eigenvalue weighted by molar-refractivity contribution is -0.152. The highest BCUT2D eigenvalue weighted by Gasteiger charge is 2.35. The third-order valence-electron chi connectivity index (χ3n) is 6.11. The van der Waals surface area contributed by atoms with Gasteiger partial charge >= 0.3 is 5.97 Å². The largest absolute Gasteiger partial charge is 0.455 e. The molecule has 1 heterocycles. The standard InChI is InChI=1S/C25H28N2O4/c28-23(26-22-12-6-10-19-9-4-5-11-21(19)22)17-31-25(30)20-15-24(29)27(16-20)14-13-18-7-2-1-3-8-18/h1-5,7-9,11,20,22H,6,10,12-17H2,(H,26,28)/t20-,22-/m0/s1. The molecule has 0 aromatic heterocycles. The average Bonchev–Trinajstić information content (AvgIpc) is 3.17. The zero-order valence-corrected chi connectivity index (χ0v) is 17.6. The second kappa shape index (κ2) is 9.77. The Balaban J connectivity index is 1.23. The van der Waals surface area contributed by atoms with Crippen LogP contribution in [0.15, 0.2) is 54.6 Å². The monoisotopic (exact) mass is 420 g/mol. The SMILES string of the molecule is O=C(COC(=O)[C@H]1CC(=O)N(CCc2ccccc2)C1)N[C@H]1CCCc2ccccc21. The number of benzene rings is 2. The van der Waals surface area contributed by atoms with Crippen LogP contribution in [0.5, 0.6) is 0 Å². The molecule has 1 saturated heterocycles. The molecule has 1 N–H and O–H groups in total. The van der Waals surface area contributed by atoms with Crippen LogP contribution in [0, 0.1) is 5.92 Å². The van der Waals surface area contributed by atoms with Gasteiger partial charge in [0.2, 0.25) is 5.91 Å². The Hall–Kier alpha value is -3.15. The topological polar surface area (TPSA) is 75.7 Å². The number of nitrogens with one attached hydrogen (secondary N) is 1. The number of hydrogen-bond acceptors (Lipinski definition) is 4. The Morgan fingerprint density at radius 1 is 1.06 bits per heavy atom. The third kappa shape index (κ3) is 5.32. The Kier molecular flexibility index (Phi) is 6.65. The van der Waals surface area contributed by atoms with E-state index >= 15 is 0 Å². The highest BCUT2D eigenvalue weighted by Crippen LogP contribution is 2.29. The first-order valence-electron chi connectivity index (χ1n) is 11.0. The van der Waals surface area contributed by atoms with Gasteiger partial charge in [0.1, 0.15) is 0 Å². The van der Waals surface area contributed by atoms with E-state index in [4.69, 9.17) is 4.74 Å². The third-order valence-corrected chi connectivity index (χ3v) is 6.11. The number of ether oxygens (including phenoxy) is 1. The smallest absolute Gasteiger partial charge is 0.311 e. The number of likely N-dealkylation sites (tertiary alicyclic amines) is 1. The molecule has 1 aliphatic heterocycles. The van der Waals surface area contributed by atoms with E-state index < -0.39 is 11.9 Å². The van der Waals surface area contributed by atoms with Crippen LogP contribution in [0.4, 0.5) is 0 Å². The summed E-state index contributed by atoms with van der Waals surface area (Å²) in [5.41, 5.74) is 3.56. The van der Waals surface area contributed by atoms with E-state index in [1.165, 1.54) is 5.56 Å². The van der Waals surface area contributed by atoms with Crippen molar-refractivity contribution in [3.63, 3.8) is 0 Å². The summed E-state index contributed by atoms with van der Waals surface area (Å²) < 4.78 is 5.25. The molecule has 0 unspecified atom stereocenters. The molecule has 4 rings (SSSR count). The predicted molar refractivity (Wildman–Crippen MR) is 116 cm³/mol. The maximum atomic E-state index is 12.4. The molecule has 0 spiro atoms. The van der Waals surface area contributed by atoms with E-state index in [2.05, 4.69) is 11.4 Å². The van der Waals surface area contributed by atoms with Crippen LogP contribution in [-0.4, -0.2) is 42.4 Å². The number of carbonyl (C=O) groups excluding carboxylic acids is 3. The van der Waals surface area contributed by atoms with E-state index in [0.717, 1.165) is 36.8 Å². The van der Waals surface area contributed by atoms with Gasteiger partial charge in [0.15, 0.2) is 6.61 Å². The van der Waals surface area contributed by atoms with Crippen molar-refractivity contribution in [2.75, 3.05) is 19.7 Å². The minimum atomic E-state index is -0.508. The van der Waals surface area contributed by atoms with Crippen molar-refractivity contribution < 1.29 is 19.1 Å². The van der Waals surface area contributed by atoms with Crippen molar-refractivity contribution in [1.29, 1.82) is 0 Å². The normalized spacial score (nSPS) is 20.3. The molecular weight excluding hydrogens is 392 g/mol. The summed E-state index contributed by atoms with van der Waals surface area (Å²) in [6.07, 6.45) is 3.81. The molecule has 6 nitrogen and oxygen atoms in total. The molecule has 1 fully saturated rings. The first-order chi connectivity index (χ1) is 15.1. The van der Waals surface area contributed by atoms with Crippen LogP contribution in [-0.2, 0) is 32.0 Å². The number of carbonyl (C=O) groups is 3. The molecule has 1 aliphatic carbocycles. The molecule has 2 atom stereocenters. The van der Waals surface area contributed by atoms with Crippen LogP contribution in [0.3, 0.4) is 0 Å². The van der Waals surface area contributed by atoms with Gasteiger partial charge in [0.25, 0.3) is 5.91 Å². The van der Waals surface area contributed by atoms with Gasteiger partial charge in [-0.2, -0.15) is 0 Å². The van der Waals surface area contributed by atoms with Crippen molar-refractivity contribution in [3.05, 3.63) is 71.3 Å². The molecule has 6 heteroatoms. The summed E-state index contributed by atoms with van der Waals surface area (Å²) in [5, 5.41) is 2.98. The molecule has 162 valence electrons. The van der Waals surface area contributed by atoms with E-state index in [1.54, 1.807) is 4.90 Å². The van der Waals surface area contributed by atoms with E-state index in [0.29, 0.717) is 13.1 Å². The lowest BCUT2D eigenvalue weighted by Gasteiger charge is -2.26. The fourth-order valence-corrected chi connectivity index (χ4v) is 4.45. The van der Waals surface area contributed by atoms with Crippen molar-refractivity contribution in [3.8, 4) is 0 Å². The lowest BCUT2D eigenvalue weighted by atomic mass is 9.88. The van der Waals surface area contributed by atoms with Crippen LogP contribution in [0.25, 0.3) is 0 Å². The van der Waals surface area contributed by atoms with Crippen LogP contribution < -0.4 is 5.32 Å². The van der Waals surface area contributed by atoms with Gasteiger partial charge in [-0.25, -0.2) is 0 Å². The highest BCUT2D eigenvalue weighted by molar-refractivity contribution is 5.88. The first kappa shape index (κ1) is 21.1. The molecule has 2 aliphatic rings. The Morgan fingerprint density at radius 2 is 1.84 bits per heavy atom. The van der Waals surface area contributed by atoms with Crippen LogP contribution >= 0.6 is 0 Å². The number of aryl methyl sites for hydroxylation is 1. The van der Waals surface area contributed by atoms with Crippen molar-refractivity contribution >= 4 is 17.8 Å². The minimum absolute atomic E-state index is 0.0406. The van der Waals surface area contributed by atoms with E-state index in [1.807, 2.05) is 48.5 Å². The maximum Gasteiger partial charge on any atom is 0.311 e. The summed E-state index contributed by atoms with van der Waals surface area (Å²) >= 11 is 0. The fourth-order valence-electron chi connectivity index (χ4n) is 4.45. The Bertz CT molecular complexity index is 944. The average molecular weight is 421 g/mol. The number of amides is 2. The van der Waals surface area contributed by atoms with Gasteiger partial charge in [-0.05, 0) is 42.4 Å². The molecule has 31 heavy (non-hydrogen) atoms. The van der Waals surface area contributed by atoms with Crippen LogP contribution in [0.1, 0.15) is 42.0 Å². The number of fused-ring (bicyclic) bond motifs is 1. The highest BCUT2D eigenvalue weighted by atomic mass is 16.5. The van der Waals surface area contributed by atoms with Gasteiger partial charge in [-0.1, -0.05) is 54.6 Å². The van der Waals surface area contributed by atoms with Gasteiger partial charge in [-0.3, -0.25) is 14.4 Å². The second-order valence-corrected chi connectivity index (χ2v) is 8.30. The van der Waals surface area contributed by atoms with Gasteiger partial charge < -0.3 is 15.0 Å². The number of hydrogen-bond donors (Lipinski definition) is 1. The molecule has 2 aromatic carbocycles. The quantitative estimate of drug-likeness (QED) is 0.699. The zero-order valence-electron chi connectivity index (χ0n) is 17.6. The van der Waals surface area contributed by atoms with Crippen LogP contribution in [0.2, 0.25) is 0 Å². The zero-order chi connectivity index (χ0) is 21.6. The summed E-state index contributed by atoms with van der Waals surface area (Å²) in [6.45, 7) is 0.614. The molecule has 2 amide bonds. The summed E-state index contributed by atoms with van der Waals surface area (Å²) in [4.78, 5) is 38.8. The number of esters is 1. The summed E-state index contributed by atoms with van der Waals surface area (Å²) in [5.74, 6) is -1.33. The first-order valence-corrected chi connectivity index (χ1v) is 11.0. The van der Waals surface area contributed by atoms with Gasteiger partial charge in [0.05, 0.1) is 12.0 Å². The summed E-state index contributed by atoms with van der Waals surface area (Å²) in [6, 6.07) is 18.0.